The lowest BCUT2D eigenvalue weighted by molar-refractivity contribution is -0.370. The van der Waals surface area contributed by atoms with Gasteiger partial charge < -0.3 is 0 Å². The van der Waals surface area contributed by atoms with E-state index in [4.69, 9.17) is 0 Å². The molecule has 8 aliphatic rings. The van der Waals surface area contributed by atoms with Gasteiger partial charge in [-0.1, -0.05) is 50.3 Å². The van der Waals surface area contributed by atoms with Gasteiger partial charge in [0.1, 0.15) is 5.78 Å². The number of ketones is 1. The van der Waals surface area contributed by atoms with Gasteiger partial charge >= 0.3 is 0 Å². The molecule has 9 rings (SSSR count). The van der Waals surface area contributed by atoms with Gasteiger partial charge in [-0.2, -0.15) is 0 Å². The highest BCUT2D eigenvalue weighted by Gasteiger charge is 2.90. The molecule has 6 fully saturated rings. The highest BCUT2D eigenvalue weighted by Crippen LogP contribution is 2.95. The molecule has 0 amide bonds. The van der Waals surface area contributed by atoms with Gasteiger partial charge in [-0.3, -0.25) is 4.79 Å². The number of carbonyl (C=O) groups excluding carboxylic acids is 1. The summed E-state index contributed by atoms with van der Waals surface area (Å²) in [5.41, 5.74) is 4.52. The van der Waals surface area contributed by atoms with Crippen molar-refractivity contribution < 1.29 is 4.79 Å². The SMILES string of the molecule is C[C@@]12[C@H]3[C@H]4C[C@H]([C@H]5[C@@H]4[C@H]4C=C[C@@H]5C4=O)[C@H]3[C@]1(C)[C@@H]1[C@H]2[C@@H]2C[C@H]1c1ccccc12. The lowest BCUT2D eigenvalue weighted by Crippen LogP contribution is -2.81. The van der Waals surface area contributed by atoms with Gasteiger partial charge in [0.25, 0.3) is 0 Å². The fourth-order valence-electron chi connectivity index (χ4n) is 12.6. The van der Waals surface area contributed by atoms with E-state index in [0.717, 1.165) is 59.2 Å². The molecule has 0 N–H and O–H groups in total. The Morgan fingerprint density at radius 3 is 1.75 bits per heavy atom. The number of benzene rings is 1. The third-order valence-corrected chi connectivity index (χ3v) is 12.8. The summed E-state index contributed by atoms with van der Waals surface area (Å²) < 4.78 is 0. The first-order valence-corrected chi connectivity index (χ1v) is 11.9. The van der Waals surface area contributed by atoms with Crippen LogP contribution in [0.2, 0.25) is 0 Å². The van der Waals surface area contributed by atoms with Crippen molar-refractivity contribution in [3.63, 3.8) is 0 Å². The predicted molar refractivity (Wildman–Crippen MR) is 106 cm³/mol. The van der Waals surface area contributed by atoms with E-state index in [-0.39, 0.29) is 0 Å². The molecule has 8 aliphatic carbocycles. The normalized spacial score (nSPS) is 66.9. The van der Waals surface area contributed by atoms with Crippen molar-refractivity contribution in [2.24, 2.45) is 70.0 Å². The van der Waals surface area contributed by atoms with Crippen molar-refractivity contribution in [3.05, 3.63) is 47.5 Å². The maximum absolute atomic E-state index is 12.9. The summed E-state index contributed by atoms with van der Waals surface area (Å²) in [6.07, 6.45) is 7.51. The van der Waals surface area contributed by atoms with E-state index in [0.29, 0.717) is 28.4 Å². The summed E-state index contributed by atoms with van der Waals surface area (Å²) in [7, 11) is 0. The molecule has 1 aromatic rings. The summed E-state index contributed by atoms with van der Waals surface area (Å²) in [6.45, 7) is 5.42. The second kappa shape index (κ2) is 3.84. The summed E-state index contributed by atoms with van der Waals surface area (Å²) in [4.78, 5) is 12.9. The average Bonchev–Trinajstić information content (AvgIpc) is 3.53. The molecule has 0 aromatic heterocycles. The molecule has 0 unspecified atom stereocenters. The van der Waals surface area contributed by atoms with Crippen LogP contribution in [-0.4, -0.2) is 5.78 Å². The first-order chi connectivity index (χ1) is 13.6. The second-order valence-corrected chi connectivity index (χ2v) is 12.3. The van der Waals surface area contributed by atoms with Crippen LogP contribution >= 0.6 is 0 Å². The molecule has 6 saturated carbocycles. The molecule has 0 aliphatic heterocycles. The highest BCUT2D eigenvalue weighted by molar-refractivity contribution is 5.92. The number of Topliss-reactive ketones (excluding diaryl/α,β-unsaturated/α-hetero) is 1. The van der Waals surface area contributed by atoms with E-state index in [9.17, 15) is 4.79 Å². The topological polar surface area (TPSA) is 17.1 Å². The maximum atomic E-state index is 12.9. The van der Waals surface area contributed by atoms with Gasteiger partial charge in [0.2, 0.25) is 0 Å². The molecular weight excluding hydrogens is 340 g/mol. The maximum Gasteiger partial charge on any atom is 0.147 e. The standard InChI is InChI=1S/C27H28O/c1-26-21-15-9-16(12-6-4-3-5-11(12)15)22(21)27(26,2)24-18-10-17(23(24)26)19-13-7-8-14(20(18)19)25(13)28/h3-8,13-24H,9-10H2,1-2H3/t13-,14+,15-,16+,17+,18-,19-,20+,21-,22+,23+,24-,26-,27+. The Bertz CT molecular complexity index is 959. The van der Waals surface area contributed by atoms with E-state index < -0.39 is 0 Å². The molecule has 28 heavy (non-hydrogen) atoms. The molecule has 0 saturated heterocycles. The Hall–Kier alpha value is -1.37. The second-order valence-electron chi connectivity index (χ2n) is 12.3. The molecule has 0 heterocycles. The predicted octanol–water partition coefficient (Wildman–Crippen LogP) is 5.04. The highest BCUT2D eigenvalue weighted by atomic mass is 16.1. The van der Waals surface area contributed by atoms with Crippen molar-refractivity contribution in [2.45, 2.75) is 38.5 Å². The molecule has 1 nitrogen and oxygen atoms in total. The van der Waals surface area contributed by atoms with Crippen LogP contribution in [0.3, 0.4) is 0 Å². The zero-order valence-electron chi connectivity index (χ0n) is 16.7. The molecule has 14 atom stereocenters. The quantitative estimate of drug-likeness (QED) is 0.356. The van der Waals surface area contributed by atoms with Crippen LogP contribution < -0.4 is 0 Å². The van der Waals surface area contributed by atoms with Crippen molar-refractivity contribution >= 4 is 5.78 Å². The summed E-state index contributed by atoms with van der Waals surface area (Å²) >= 11 is 0. The first-order valence-electron chi connectivity index (χ1n) is 11.9. The fraction of sp³-hybridized carbons (Fsp3) is 0.667. The number of hydrogen-bond acceptors (Lipinski definition) is 1. The van der Waals surface area contributed by atoms with Gasteiger partial charge in [-0.15, -0.1) is 0 Å². The smallest absolute Gasteiger partial charge is 0.147 e. The summed E-state index contributed by atoms with van der Waals surface area (Å²) in [5.74, 6) is 9.76. The number of allylic oxidation sites excluding steroid dienone is 2. The Balaban J connectivity index is 1.20. The fourth-order valence-corrected chi connectivity index (χ4v) is 12.6. The molecule has 0 spiro atoms. The molecular formula is C27H28O. The van der Waals surface area contributed by atoms with E-state index >= 15 is 0 Å². The Kier molecular flexibility index (Phi) is 2.00. The first kappa shape index (κ1) is 14.6. The van der Waals surface area contributed by atoms with Gasteiger partial charge in [0.05, 0.1) is 0 Å². The van der Waals surface area contributed by atoms with Crippen molar-refractivity contribution in [3.8, 4) is 0 Å². The Morgan fingerprint density at radius 1 is 0.750 bits per heavy atom. The molecule has 1 aromatic carbocycles. The van der Waals surface area contributed by atoms with Crippen molar-refractivity contribution in [1.82, 2.24) is 0 Å². The third-order valence-electron chi connectivity index (χ3n) is 12.8. The largest absolute Gasteiger partial charge is 0.298 e. The Morgan fingerprint density at radius 2 is 1.25 bits per heavy atom. The minimum atomic E-state index is 0.304. The van der Waals surface area contributed by atoms with Crippen LogP contribution in [0.4, 0.5) is 0 Å². The number of fused-ring (bicyclic) bond motifs is 25. The number of rotatable bonds is 0. The van der Waals surface area contributed by atoms with Gasteiger partial charge in [-0.25, -0.2) is 0 Å². The van der Waals surface area contributed by atoms with Crippen LogP contribution in [0, 0.1) is 70.0 Å². The van der Waals surface area contributed by atoms with E-state index in [2.05, 4.69) is 50.3 Å². The van der Waals surface area contributed by atoms with E-state index in [1.807, 2.05) is 0 Å². The van der Waals surface area contributed by atoms with Gasteiger partial charge in [0, 0.05) is 11.8 Å². The minimum absolute atomic E-state index is 0.304. The summed E-state index contributed by atoms with van der Waals surface area (Å²) in [6, 6.07) is 9.44. The minimum Gasteiger partial charge on any atom is -0.298 e. The van der Waals surface area contributed by atoms with E-state index in [1.165, 1.54) is 12.8 Å². The lowest BCUT2D eigenvalue weighted by atomic mass is 9.19. The molecule has 0 radical (unpaired) electrons. The summed E-state index contributed by atoms with van der Waals surface area (Å²) in [5, 5.41) is 0. The van der Waals surface area contributed by atoms with Crippen LogP contribution in [0.25, 0.3) is 0 Å². The van der Waals surface area contributed by atoms with Crippen LogP contribution in [0.1, 0.15) is 49.7 Å². The number of hydrogen-bond donors (Lipinski definition) is 0. The zero-order valence-corrected chi connectivity index (χ0v) is 16.7. The van der Waals surface area contributed by atoms with Crippen LogP contribution in [0.15, 0.2) is 36.4 Å². The van der Waals surface area contributed by atoms with Crippen LogP contribution in [0.5, 0.6) is 0 Å². The average molecular weight is 369 g/mol. The van der Waals surface area contributed by atoms with Gasteiger partial charge in [-0.05, 0) is 94.0 Å². The van der Waals surface area contributed by atoms with Crippen molar-refractivity contribution in [1.29, 1.82) is 0 Å². The molecule has 142 valence electrons. The monoisotopic (exact) mass is 368 g/mol. The van der Waals surface area contributed by atoms with E-state index in [1.54, 1.807) is 11.1 Å². The van der Waals surface area contributed by atoms with Crippen molar-refractivity contribution in [2.75, 3.05) is 0 Å². The zero-order chi connectivity index (χ0) is 18.3. The van der Waals surface area contributed by atoms with Gasteiger partial charge in [0.15, 0.2) is 0 Å². The Labute approximate surface area is 167 Å². The lowest BCUT2D eigenvalue weighted by Gasteiger charge is -2.85. The third kappa shape index (κ3) is 1.03. The van der Waals surface area contributed by atoms with Crippen LogP contribution in [-0.2, 0) is 4.79 Å². The number of carbonyl (C=O) groups is 1. The molecule has 1 heteroatoms. The molecule has 6 bridgehead atoms.